The van der Waals surface area contributed by atoms with E-state index in [2.05, 4.69) is 6.92 Å². The zero-order chi connectivity index (χ0) is 12.4. The predicted molar refractivity (Wildman–Crippen MR) is 66.5 cm³/mol. The maximum Gasteiger partial charge on any atom is 0.251 e. The Morgan fingerprint density at radius 3 is 2.76 bits per heavy atom. The van der Waals surface area contributed by atoms with Gasteiger partial charge in [0.15, 0.2) is 0 Å². The lowest BCUT2D eigenvalue weighted by Crippen LogP contribution is -2.51. The van der Waals surface area contributed by atoms with Gasteiger partial charge in [0, 0.05) is 19.1 Å². The number of carbonyl (C=O) groups is 1. The van der Waals surface area contributed by atoms with Crippen LogP contribution in [0.15, 0.2) is 0 Å². The molecule has 4 unspecified atom stereocenters. The number of rotatable bonds is 2. The van der Waals surface area contributed by atoms with Crippen molar-refractivity contribution < 1.29 is 9.53 Å². The second kappa shape index (κ2) is 5.36. The third kappa shape index (κ3) is 2.80. The fraction of sp³-hybridized carbons (Fsp3) is 0.923. The highest BCUT2D eigenvalue weighted by atomic mass is 16.5. The summed E-state index contributed by atoms with van der Waals surface area (Å²) in [5.41, 5.74) is 6.06. The fourth-order valence-electron chi connectivity index (χ4n) is 2.87. The Hall–Kier alpha value is -0.610. The molecule has 0 aromatic rings. The number of piperidine rings is 1. The zero-order valence-electron chi connectivity index (χ0n) is 10.9. The minimum atomic E-state index is -0.197. The second-order valence-electron chi connectivity index (χ2n) is 5.42. The number of hydrogen-bond acceptors (Lipinski definition) is 3. The maximum absolute atomic E-state index is 12.3. The summed E-state index contributed by atoms with van der Waals surface area (Å²) < 4.78 is 5.65. The van der Waals surface area contributed by atoms with Crippen molar-refractivity contribution in [2.24, 2.45) is 11.7 Å². The van der Waals surface area contributed by atoms with Crippen molar-refractivity contribution in [1.82, 2.24) is 4.90 Å². The van der Waals surface area contributed by atoms with Crippen molar-refractivity contribution in [3.8, 4) is 0 Å². The number of ether oxygens (including phenoxy) is 1. The molecule has 0 aliphatic carbocycles. The molecule has 1 amide bonds. The summed E-state index contributed by atoms with van der Waals surface area (Å²) >= 11 is 0. The average molecular weight is 240 g/mol. The van der Waals surface area contributed by atoms with Crippen LogP contribution in [-0.2, 0) is 9.53 Å². The summed E-state index contributed by atoms with van der Waals surface area (Å²) in [6.07, 6.45) is 3.88. The highest BCUT2D eigenvalue weighted by molar-refractivity contribution is 5.81. The zero-order valence-corrected chi connectivity index (χ0v) is 10.9. The van der Waals surface area contributed by atoms with Crippen LogP contribution in [0.1, 0.15) is 39.5 Å². The summed E-state index contributed by atoms with van der Waals surface area (Å²) in [6.45, 7) is 5.79. The Kier molecular flexibility index (Phi) is 4.05. The van der Waals surface area contributed by atoms with E-state index in [1.807, 2.05) is 11.8 Å². The van der Waals surface area contributed by atoms with Crippen LogP contribution in [0.5, 0.6) is 0 Å². The van der Waals surface area contributed by atoms with E-state index < -0.39 is 0 Å². The molecule has 4 nitrogen and oxygen atoms in total. The van der Waals surface area contributed by atoms with Crippen LogP contribution in [0, 0.1) is 5.92 Å². The normalized spacial score (nSPS) is 38.4. The van der Waals surface area contributed by atoms with Crippen molar-refractivity contribution >= 4 is 5.91 Å². The number of carbonyl (C=O) groups excluding carboxylic acids is 1. The number of nitrogens with two attached hydrogens (primary N) is 1. The molecule has 17 heavy (non-hydrogen) atoms. The summed E-state index contributed by atoms with van der Waals surface area (Å²) in [4.78, 5) is 14.2. The topological polar surface area (TPSA) is 55.6 Å². The fourth-order valence-corrected chi connectivity index (χ4v) is 2.87. The molecule has 98 valence electrons. The lowest BCUT2D eigenvalue weighted by atomic mass is 9.90. The van der Waals surface area contributed by atoms with E-state index in [-0.39, 0.29) is 24.2 Å². The summed E-state index contributed by atoms with van der Waals surface area (Å²) in [7, 11) is 0. The minimum absolute atomic E-state index is 0.180. The number of nitrogens with zero attached hydrogens (tertiary/aromatic N) is 1. The molecule has 2 saturated heterocycles. The van der Waals surface area contributed by atoms with E-state index in [1.54, 1.807) is 0 Å². The van der Waals surface area contributed by atoms with E-state index >= 15 is 0 Å². The monoisotopic (exact) mass is 240 g/mol. The van der Waals surface area contributed by atoms with Gasteiger partial charge < -0.3 is 15.4 Å². The lowest BCUT2D eigenvalue weighted by molar-refractivity contribution is -0.144. The Morgan fingerprint density at radius 2 is 2.18 bits per heavy atom. The first kappa shape index (κ1) is 12.8. The first-order chi connectivity index (χ1) is 8.11. The molecule has 0 aromatic heterocycles. The molecule has 2 rings (SSSR count). The maximum atomic E-state index is 12.3. The Labute approximate surface area is 103 Å². The van der Waals surface area contributed by atoms with Crippen LogP contribution in [0.25, 0.3) is 0 Å². The predicted octanol–water partition coefficient (Wildman–Crippen LogP) is 1.14. The van der Waals surface area contributed by atoms with Crippen molar-refractivity contribution in [2.45, 2.75) is 57.8 Å². The molecule has 2 heterocycles. The molecule has 0 bridgehead atoms. The van der Waals surface area contributed by atoms with Gasteiger partial charge in [-0.15, -0.1) is 0 Å². The Bertz CT molecular complexity index is 283. The smallest absolute Gasteiger partial charge is 0.251 e. The Balaban J connectivity index is 1.91. The van der Waals surface area contributed by atoms with E-state index in [0.29, 0.717) is 5.92 Å². The van der Waals surface area contributed by atoms with E-state index in [9.17, 15) is 4.79 Å². The number of hydrogen-bond donors (Lipinski definition) is 1. The molecule has 2 aliphatic heterocycles. The van der Waals surface area contributed by atoms with Crippen LogP contribution in [0.4, 0.5) is 0 Å². The lowest BCUT2D eigenvalue weighted by Gasteiger charge is -2.37. The quantitative estimate of drug-likeness (QED) is 0.787. The molecule has 4 heteroatoms. The molecular formula is C13H24N2O2. The van der Waals surface area contributed by atoms with E-state index in [4.69, 9.17) is 10.5 Å². The van der Waals surface area contributed by atoms with Gasteiger partial charge in [-0.05, 0) is 32.1 Å². The van der Waals surface area contributed by atoms with Gasteiger partial charge in [0.25, 0.3) is 5.91 Å². The number of amides is 1. The van der Waals surface area contributed by atoms with Crippen LogP contribution in [-0.4, -0.2) is 42.1 Å². The van der Waals surface area contributed by atoms with Gasteiger partial charge in [-0.25, -0.2) is 0 Å². The molecule has 2 N–H and O–H groups in total. The van der Waals surface area contributed by atoms with Gasteiger partial charge in [-0.2, -0.15) is 0 Å². The molecule has 0 radical (unpaired) electrons. The van der Waals surface area contributed by atoms with Gasteiger partial charge in [0.05, 0.1) is 6.10 Å². The van der Waals surface area contributed by atoms with Gasteiger partial charge >= 0.3 is 0 Å². The standard InChI is InChI=1S/C13H24N2O2/c1-3-10-8-15(7-6-11(10)14)13(16)12-5-4-9(2)17-12/h9-12H,3-8,14H2,1-2H3. The van der Waals surface area contributed by atoms with Gasteiger partial charge in [0.1, 0.15) is 6.10 Å². The summed E-state index contributed by atoms with van der Waals surface area (Å²) in [5.74, 6) is 0.631. The molecule has 2 fully saturated rings. The molecule has 4 atom stereocenters. The van der Waals surface area contributed by atoms with Gasteiger partial charge in [-0.1, -0.05) is 13.3 Å². The molecule has 0 saturated carbocycles. The summed E-state index contributed by atoms with van der Waals surface area (Å²) in [6, 6.07) is 0.257. The minimum Gasteiger partial charge on any atom is -0.365 e. The van der Waals surface area contributed by atoms with Crippen LogP contribution < -0.4 is 5.73 Å². The third-order valence-electron chi connectivity index (χ3n) is 4.14. The number of likely N-dealkylation sites (tertiary alicyclic amines) is 1. The van der Waals surface area contributed by atoms with Gasteiger partial charge in [-0.3, -0.25) is 4.79 Å². The van der Waals surface area contributed by atoms with E-state index in [1.165, 1.54) is 0 Å². The van der Waals surface area contributed by atoms with Crippen molar-refractivity contribution in [2.75, 3.05) is 13.1 Å². The van der Waals surface area contributed by atoms with Gasteiger partial charge in [0.2, 0.25) is 0 Å². The van der Waals surface area contributed by atoms with Crippen molar-refractivity contribution in [1.29, 1.82) is 0 Å². The van der Waals surface area contributed by atoms with Crippen LogP contribution >= 0.6 is 0 Å². The first-order valence-corrected chi connectivity index (χ1v) is 6.81. The average Bonchev–Trinajstić information content (AvgIpc) is 2.75. The Morgan fingerprint density at radius 1 is 1.41 bits per heavy atom. The van der Waals surface area contributed by atoms with Crippen LogP contribution in [0.2, 0.25) is 0 Å². The third-order valence-corrected chi connectivity index (χ3v) is 4.14. The molecule has 0 aromatic carbocycles. The van der Waals surface area contributed by atoms with Crippen molar-refractivity contribution in [3.05, 3.63) is 0 Å². The molecule has 2 aliphatic rings. The SMILES string of the molecule is CCC1CN(C(=O)C2CCC(C)O2)CCC1N. The molecular weight excluding hydrogens is 216 g/mol. The largest absolute Gasteiger partial charge is 0.365 e. The van der Waals surface area contributed by atoms with Crippen LogP contribution in [0.3, 0.4) is 0 Å². The first-order valence-electron chi connectivity index (χ1n) is 6.81. The molecule has 0 spiro atoms. The second-order valence-corrected chi connectivity index (χ2v) is 5.42. The summed E-state index contributed by atoms with van der Waals surface area (Å²) in [5, 5.41) is 0. The van der Waals surface area contributed by atoms with Crippen molar-refractivity contribution in [3.63, 3.8) is 0 Å². The highest BCUT2D eigenvalue weighted by Gasteiger charge is 2.35. The highest BCUT2D eigenvalue weighted by Crippen LogP contribution is 2.24. The van der Waals surface area contributed by atoms with E-state index in [0.717, 1.165) is 38.8 Å².